The summed E-state index contributed by atoms with van der Waals surface area (Å²) in [6.07, 6.45) is 8.27. The van der Waals surface area contributed by atoms with Crippen molar-refractivity contribution in [2.24, 2.45) is 0 Å². The Morgan fingerprint density at radius 1 is 1.23 bits per heavy atom. The molecular formula is C20H16N4O2. The van der Waals surface area contributed by atoms with Gasteiger partial charge in [0.2, 0.25) is 11.7 Å². The second-order valence-electron chi connectivity index (χ2n) is 5.75. The van der Waals surface area contributed by atoms with Gasteiger partial charge in [0.1, 0.15) is 5.76 Å². The monoisotopic (exact) mass is 344 g/mol. The van der Waals surface area contributed by atoms with Crippen LogP contribution in [0.1, 0.15) is 11.5 Å². The second kappa shape index (κ2) is 6.68. The molecule has 4 rings (SSSR count). The van der Waals surface area contributed by atoms with Crippen molar-refractivity contribution >= 4 is 23.4 Å². The third-order valence-electron chi connectivity index (χ3n) is 3.99. The van der Waals surface area contributed by atoms with E-state index in [0.717, 1.165) is 17.0 Å². The summed E-state index contributed by atoms with van der Waals surface area (Å²) in [7, 11) is 0. The van der Waals surface area contributed by atoms with E-state index in [0.29, 0.717) is 17.2 Å². The average Bonchev–Trinajstić information content (AvgIpc) is 3.29. The van der Waals surface area contributed by atoms with E-state index in [2.05, 4.69) is 15.3 Å². The minimum Gasteiger partial charge on any atom is -0.465 e. The number of fused-ring (bicyclic) bond motifs is 1. The maximum Gasteiger partial charge on any atom is 0.248 e. The molecule has 128 valence electrons. The van der Waals surface area contributed by atoms with Crippen LogP contribution in [0.3, 0.4) is 0 Å². The van der Waals surface area contributed by atoms with Gasteiger partial charge in [-0.1, -0.05) is 12.1 Å². The number of nitrogens with zero attached hydrogens (tertiary/aromatic N) is 3. The van der Waals surface area contributed by atoms with Crippen molar-refractivity contribution in [3.63, 3.8) is 0 Å². The van der Waals surface area contributed by atoms with E-state index in [9.17, 15) is 4.79 Å². The van der Waals surface area contributed by atoms with E-state index in [-0.39, 0.29) is 5.91 Å². The number of aromatic nitrogens is 3. The van der Waals surface area contributed by atoms with Gasteiger partial charge in [0, 0.05) is 35.4 Å². The van der Waals surface area contributed by atoms with Crippen LogP contribution in [0.5, 0.6) is 0 Å². The molecule has 0 saturated heterocycles. The summed E-state index contributed by atoms with van der Waals surface area (Å²) in [5, 5.41) is 2.85. The highest BCUT2D eigenvalue weighted by atomic mass is 16.3. The molecule has 0 aliphatic carbocycles. The smallest absolute Gasteiger partial charge is 0.248 e. The number of aryl methyl sites for hydroxylation is 1. The quantitative estimate of drug-likeness (QED) is 0.569. The normalized spacial score (nSPS) is 11.3. The molecular weight excluding hydrogens is 328 g/mol. The summed E-state index contributed by atoms with van der Waals surface area (Å²) < 4.78 is 7.11. The second-order valence-corrected chi connectivity index (χ2v) is 5.75. The molecule has 3 heterocycles. The standard InChI is InChI=1S/C20H16N4O2/c1-14-19(23-20-21-10-4-11-24(14)20)15-5-2-6-16(13-15)22-18(25)9-8-17-7-3-12-26-17/h2-13H,1H3,(H,22,25)/b9-8+. The average molecular weight is 344 g/mol. The van der Waals surface area contributed by atoms with Crippen LogP contribution in [0.15, 0.2) is 71.6 Å². The summed E-state index contributed by atoms with van der Waals surface area (Å²) in [5.41, 5.74) is 3.45. The highest BCUT2D eigenvalue weighted by Gasteiger charge is 2.11. The Morgan fingerprint density at radius 2 is 2.15 bits per heavy atom. The van der Waals surface area contributed by atoms with E-state index < -0.39 is 0 Å². The number of anilines is 1. The van der Waals surface area contributed by atoms with Crippen LogP contribution in [-0.4, -0.2) is 20.3 Å². The van der Waals surface area contributed by atoms with E-state index >= 15 is 0 Å². The zero-order chi connectivity index (χ0) is 17.9. The third kappa shape index (κ3) is 3.12. The van der Waals surface area contributed by atoms with Crippen LogP contribution in [0.25, 0.3) is 23.1 Å². The van der Waals surface area contributed by atoms with Gasteiger partial charge in [-0.15, -0.1) is 0 Å². The molecule has 0 aliphatic rings. The van der Waals surface area contributed by atoms with Gasteiger partial charge >= 0.3 is 0 Å². The molecule has 1 amide bonds. The molecule has 3 aromatic heterocycles. The highest BCUT2D eigenvalue weighted by Crippen LogP contribution is 2.25. The first-order chi connectivity index (χ1) is 12.7. The molecule has 0 unspecified atom stereocenters. The van der Waals surface area contributed by atoms with Crippen LogP contribution in [0.2, 0.25) is 0 Å². The van der Waals surface area contributed by atoms with Gasteiger partial charge in [0.15, 0.2) is 0 Å². The van der Waals surface area contributed by atoms with E-state index in [1.807, 2.05) is 47.9 Å². The van der Waals surface area contributed by atoms with Crippen molar-refractivity contribution < 1.29 is 9.21 Å². The lowest BCUT2D eigenvalue weighted by Gasteiger charge is -2.05. The Bertz CT molecular complexity index is 1090. The molecule has 0 aliphatic heterocycles. The molecule has 0 spiro atoms. The van der Waals surface area contributed by atoms with Gasteiger partial charge in [-0.2, -0.15) is 0 Å². The van der Waals surface area contributed by atoms with Crippen LogP contribution < -0.4 is 5.32 Å². The van der Waals surface area contributed by atoms with Gasteiger partial charge in [0.05, 0.1) is 12.0 Å². The number of amides is 1. The zero-order valence-corrected chi connectivity index (χ0v) is 14.1. The van der Waals surface area contributed by atoms with Gasteiger partial charge in [-0.05, 0) is 43.3 Å². The number of carbonyl (C=O) groups is 1. The molecule has 0 saturated carbocycles. The number of hydrogen-bond donors (Lipinski definition) is 1. The molecule has 0 atom stereocenters. The largest absolute Gasteiger partial charge is 0.465 e. The van der Waals surface area contributed by atoms with Crippen LogP contribution in [0.4, 0.5) is 5.69 Å². The molecule has 26 heavy (non-hydrogen) atoms. The van der Waals surface area contributed by atoms with Gasteiger partial charge in [-0.25, -0.2) is 9.97 Å². The first kappa shape index (κ1) is 15.8. The van der Waals surface area contributed by atoms with Crippen molar-refractivity contribution in [1.29, 1.82) is 0 Å². The predicted octanol–water partition coefficient (Wildman–Crippen LogP) is 3.95. The minimum atomic E-state index is -0.230. The number of rotatable bonds is 4. The minimum absolute atomic E-state index is 0.230. The predicted molar refractivity (Wildman–Crippen MR) is 99.5 cm³/mol. The van der Waals surface area contributed by atoms with Crippen molar-refractivity contribution in [2.75, 3.05) is 5.32 Å². The maximum atomic E-state index is 12.1. The SMILES string of the molecule is Cc1c(-c2cccc(NC(=O)/C=C/c3ccco3)c2)nc2ncccn12. The molecule has 6 heteroatoms. The number of nitrogens with one attached hydrogen (secondary N) is 1. The third-order valence-corrected chi connectivity index (χ3v) is 3.99. The Morgan fingerprint density at radius 3 is 2.96 bits per heavy atom. The fraction of sp³-hybridized carbons (Fsp3) is 0.0500. The molecule has 1 aromatic carbocycles. The molecule has 0 radical (unpaired) electrons. The lowest BCUT2D eigenvalue weighted by molar-refractivity contribution is -0.111. The van der Waals surface area contributed by atoms with Crippen molar-refractivity contribution in [2.45, 2.75) is 6.92 Å². The number of furan rings is 1. The molecule has 1 N–H and O–H groups in total. The van der Waals surface area contributed by atoms with Gasteiger partial charge in [-0.3, -0.25) is 9.20 Å². The zero-order valence-electron chi connectivity index (χ0n) is 14.1. The number of imidazole rings is 1. The Hall–Kier alpha value is -3.67. The lowest BCUT2D eigenvalue weighted by atomic mass is 10.1. The topological polar surface area (TPSA) is 72.4 Å². The first-order valence-electron chi connectivity index (χ1n) is 8.13. The van der Waals surface area contributed by atoms with Crippen molar-refractivity contribution in [3.05, 3.63) is 78.7 Å². The lowest BCUT2D eigenvalue weighted by Crippen LogP contribution is -2.07. The van der Waals surface area contributed by atoms with E-state index in [1.165, 1.54) is 6.08 Å². The summed E-state index contributed by atoms with van der Waals surface area (Å²) in [6, 6.07) is 13.0. The van der Waals surface area contributed by atoms with Crippen LogP contribution in [-0.2, 0) is 4.79 Å². The number of carbonyl (C=O) groups excluding carboxylic acids is 1. The Balaban J connectivity index is 1.58. The summed E-state index contributed by atoms with van der Waals surface area (Å²) in [6.45, 7) is 1.99. The highest BCUT2D eigenvalue weighted by molar-refractivity contribution is 6.02. The fourth-order valence-corrected chi connectivity index (χ4v) is 2.75. The van der Waals surface area contributed by atoms with E-state index in [1.54, 1.807) is 30.7 Å². The number of benzene rings is 1. The van der Waals surface area contributed by atoms with Crippen LogP contribution >= 0.6 is 0 Å². The van der Waals surface area contributed by atoms with Crippen molar-refractivity contribution in [3.8, 4) is 11.3 Å². The first-order valence-corrected chi connectivity index (χ1v) is 8.13. The molecule has 6 nitrogen and oxygen atoms in total. The number of hydrogen-bond acceptors (Lipinski definition) is 4. The summed E-state index contributed by atoms with van der Waals surface area (Å²) in [5.74, 6) is 1.05. The molecule has 4 aromatic rings. The Labute approximate surface area is 149 Å². The van der Waals surface area contributed by atoms with Crippen molar-refractivity contribution in [1.82, 2.24) is 14.4 Å². The van der Waals surface area contributed by atoms with Crippen LogP contribution in [0, 0.1) is 6.92 Å². The summed E-state index contributed by atoms with van der Waals surface area (Å²) >= 11 is 0. The Kier molecular flexibility index (Phi) is 4.07. The summed E-state index contributed by atoms with van der Waals surface area (Å²) in [4.78, 5) is 21.0. The van der Waals surface area contributed by atoms with E-state index in [4.69, 9.17) is 4.42 Å². The molecule has 0 bridgehead atoms. The fourth-order valence-electron chi connectivity index (χ4n) is 2.75. The molecule has 0 fully saturated rings. The maximum absolute atomic E-state index is 12.1. The van der Waals surface area contributed by atoms with Gasteiger partial charge < -0.3 is 9.73 Å². The van der Waals surface area contributed by atoms with Gasteiger partial charge in [0.25, 0.3) is 0 Å².